The number of aromatic amines is 1. The second kappa shape index (κ2) is 6.02. The minimum absolute atomic E-state index is 0.0500. The Morgan fingerprint density at radius 1 is 1.08 bits per heavy atom. The number of fused-ring (bicyclic) bond motifs is 1. The predicted octanol–water partition coefficient (Wildman–Crippen LogP) is 3.90. The zero-order valence-electron chi connectivity index (χ0n) is 15.2. The molecule has 5 nitrogen and oxygen atoms in total. The molecule has 3 N–H and O–H groups in total. The molecule has 0 saturated carbocycles. The van der Waals surface area contributed by atoms with Gasteiger partial charge in [0.2, 0.25) is 0 Å². The Labute approximate surface area is 152 Å². The lowest BCUT2D eigenvalue weighted by molar-refractivity contribution is 0.0697. The minimum atomic E-state index is 0.0500. The molecule has 26 heavy (non-hydrogen) atoms. The highest BCUT2D eigenvalue weighted by atomic mass is 16.2. The van der Waals surface area contributed by atoms with Gasteiger partial charge in [0.05, 0.1) is 11.3 Å². The van der Waals surface area contributed by atoms with Crippen molar-refractivity contribution in [1.82, 2.24) is 14.9 Å². The van der Waals surface area contributed by atoms with Crippen LogP contribution in [0.25, 0.3) is 22.4 Å². The Morgan fingerprint density at radius 2 is 1.81 bits per heavy atom. The molecule has 0 aliphatic carbocycles. The standard InChI is InChI=1S/C21H22N4O/c1-12-13(2)25(3)21(26)18-17(14-7-5-4-6-8-14)20(24-19(12)18)15-9-10-23-16(22)11-15/h4-13,24H,1-3H3,(H2,22,23). The van der Waals surface area contributed by atoms with Crippen molar-refractivity contribution in [3.63, 3.8) is 0 Å². The van der Waals surface area contributed by atoms with Crippen molar-refractivity contribution >= 4 is 11.7 Å². The number of nitrogens with two attached hydrogens (primary N) is 1. The number of hydrogen-bond acceptors (Lipinski definition) is 3. The number of nitrogens with zero attached hydrogens (tertiary/aromatic N) is 2. The molecular formula is C21H22N4O. The average molecular weight is 346 g/mol. The molecule has 1 aliphatic heterocycles. The molecule has 132 valence electrons. The monoisotopic (exact) mass is 346 g/mol. The van der Waals surface area contributed by atoms with E-state index in [2.05, 4.69) is 23.8 Å². The summed E-state index contributed by atoms with van der Waals surface area (Å²) in [6.45, 7) is 4.24. The van der Waals surface area contributed by atoms with E-state index in [1.165, 1.54) is 0 Å². The first kappa shape index (κ1) is 16.4. The zero-order valence-corrected chi connectivity index (χ0v) is 15.2. The number of carbonyl (C=O) groups is 1. The summed E-state index contributed by atoms with van der Waals surface area (Å²) >= 11 is 0. The maximum atomic E-state index is 13.1. The third-order valence-electron chi connectivity index (χ3n) is 5.49. The Hall–Kier alpha value is -3.08. The van der Waals surface area contributed by atoms with E-state index in [1.807, 2.05) is 54.4 Å². The number of pyridine rings is 1. The molecule has 1 amide bonds. The highest BCUT2D eigenvalue weighted by Crippen LogP contribution is 2.43. The number of nitrogen functional groups attached to an aromatic ring is 1. The molecule has 0 fully saturated rings. The van der Waals surface area contributed by atoms with Gasteiger partial charge < -0.3 is 15.6 Å². The fraction of sp³-hybridized carbons (Fsp3) is 0.238. The Morgan fingerprint density at radius 3 is 2.50 bits per heavy atom. The van der Waals surface area contributed by atoms with Gasteiger partial charge in [0, 0.05) is 42.0 Å². The number of carbonyl (C=O) groups excluding carboxylic acids is 1. The van der Waals surface area contributed by atoms with Crippen molar-refractivity contribution in [2.24, 2.45) is 0 Å². The third kappa shape index (κ3) is 2.39. The second-order valence-corrected chi connectivity index (χ2v) is 6.94. The van der Waals surface area contributed by atoms with Gasteiger partial charge in [0.15, 0.2) is 0 Å². The number of aromatic nitrogens is 2. The minimum Gasteiger partial charge on any atom is -0.384 e. The van der Waals surface area contributed by atoms with Gasteiger partial charge in [-0.1, -0.05) is 37.3 Å². The van der Waals surface area contributed by atoms with Crippen LogP contribution in [-0.4, -0.2) is 33.9 Å². The van der Waals surface area contributed by atoms with E-state index in [-0.39, 0.29) is 17.9 Å². The number of amides is 1. The summed E-state index contributed by atoms with van der Waals surface area (Å²) in [5, 5.41) is 0. The highest BCUT2D eigenvalue weighted by molar-refractivity contribution is 6.07. The number of hydrogen-bond donors (Lipinski definition) is 2. The molecular weight excluding hydrogens is 324 g/mol. The van der Waals surface area contributed by atoms with Gasteiger partial charge in [-0.2, -0.15) is 0 Å². The predicted molar refractivity (Wildman–Crippen MR) is 104 cm³/mol. The van der Waals surface area contributed by atoms with Crippen LogP contribution in [0.5, 0.6) is 0 Å². The third-order valence-corrected chi connectivity index (χ3v) is 5.49. The molecule has 0 saturated heterocycles. The van der Waals surface area contributed by atoms with Gasteiger partial charge in [-0.25, -0.2) is 4.98 Å². The van der Waals surface area contributed by atoms with E-state index in [1.54, 1.807) is 6.20 Å². The SMILES string of the molecule is CC1c2[nH]c(-c3ccnc(N)c3)c(-c3ccccc3)c2C(=O)N(C)C1C. The average Bonchev–Trinajstić information content (AvgIpc) is 3.06. The van der Waals surface area contributed by atoms with E-state index >= 15 is 0 Å². The Bertz CT molecular complexity index is 977. The molecule has 2 atom stereocenters. The second-order valence-electron chi connectivity index (χ2n) is 6.94. The largest absolute Gasteiger partial charge is 0.384 e. The zero-order chi connectivity index (χ0) is 18.4. The van der Waals surface area contributed by atoms with E-state index in [4.69, 9.17) is 5.73 Å². The summed E-state index contributed by atoms with van der Waals surface area (Å²) in [6, 6.07) is 13.9. The van der Waals surface area contributed by atoms with Crippen molar-refractivity contribution in [2.75, 3.05) is 12.8 Å². The lowest BCUT2D eigenvalue weighted by Gasteiger charge is -2.35. The molecule has 0 radical (unpaired) electrons. The molecule has 1 aliphatic rings. The summed E-state index contributed by atoms with van der Waals surface area (Å²) in [6.07, 6.45) is 1.69. The number of nitrogens with one attached hydrogen (secondary N) is 1. The first-order valence-corrected chi connectivity index (χ1v) is 8.79. The van der Waals surface area contributed by atoms with Crippen LogP contribution in [0.3, 0.4) is 0 Å². The molecule has 0 spiro atoms. The number of anilines is 1. The van der Waals surface area contributed by atoms with Crippen LogP contribution >= 0.6 is 0 Å². The first-order chi connectivity index (χ1) is 12.5. The molecule has 4 rings (SSSR count). The lowest BCUT2D eigenvalue weighted by atomic mass is 9.87. The molecule has 2 aromatic heterocycles. The highest BCUT2D eigenvalue weighted by Gasteiger charge is 2.37. The van der Waals surface area contributed by atoms with Gasteiger partial charge >= 0.3 is 0 Å². The Balaban J connectivity index is 2.05. The summed E-state index contributed by atoms with van der Waals surface area (Å²) in [7, 11) is 1.87. The van der Waals surface area contributed by atoms with Gasteiger partial charge in [-0.3, -0.25) is 4.79 Å². The van der Waals surface area contributed by atoms with Crippen LogP contribution in [0.1, 0.15) is 35.8 Å². The molecule has 1 aromatic carbocycles. The van der Waals surface area contributed by atoms with E-state index in [0.29, 0.717) is 5.82 Å². The fourth-order valence-electron chi connectivity index (χ4n) is 3.73. The molecule has 5 heteroatoms. The normalized spacial score (nSPS) is 19.5. The van der Waals surface area contributed by atoms with Gasteiger partial charge in [0.1, 0.15) is 5.82 Å². The molecule has 3 aromatic rings. The number of H-pyrrole nitrogens is 1. The quantitative estimate of drug-likeness (QED) is 0.739. The van der Waals surface area contributed by atoms with Gasteiger partial charge in [-0.05, 0) is 24.6 Å². The van der Waals surface area contributed by atoms with Crippen LogP contribution in [0, 0.1) is 0 Å². The van der Waals surface area contributed by atoms with E-state index in [0.717, 1.165) is 33.6 Å². The van der Waals surface area contributed by atoms with Crippen molar-refractivity contribution in [3.8, 4) is 22.4 Å². The first-order valence-electron chi connectivity index (χ1n) is 8.79. The van der Waals surface area contributed by atoms with Crippen molar-refractivity contribution in [3.05, 3.63) is 59.9 Å². The van der Waals surface area contributed by atoms with Gasteiger partial charge in [-0.15, -0.1) is 0 Å². The van der Waals surface area contributed by atoms with Crippen LogP contribution in [0.2, 0.25) is 0 Å². The Kier molecular flexibility index (Phi) is 3.80. The van der Waals surface area contributed by atoms with Crippen LogP contribution < -0.4 is 5.73 Å². The molecule has 0 bridgehead atoms. The summed E-state index contributed by atoms with van der Waals surface area (Å²) < 4.78 is 0. The van der Waals surface area contributed by atoms with Crippen molar-refractivity contribution < 1.29 is 4.79 Å². The van der Waals surface area contributed by atoms with Crippen LogP contribution in [0.15, 0.2) is 48.7 Å². The number of rotatable bonds is 2. The van der Waals surface area contributed by atoms with E-state index < -0.39 is 0 Å². The maximum absolute atomic E-state index is 13.1. The van der Waals surface area contributed by atoms with Crippen LogP contribution in [-0.2, 0) is 0 Å². The number of likely N-dealkylation sites (N-methyl/N-ethyl adjacent to an activating group) is 1. The molecule has 2 unspecified atom stereocenters. The smallest absolute Gasteiger partial charge is 0.256 e. The fourth-order valence-corrected chi connectivity index (χ4v) is 3.73. The van der Waals surface area contributed by atoms with Crippen molar-refractivity contribution in [1.29, 1.82) is 0 Å². The van der Waals surface area contributed by atoms with Crippen molar-refractivity contribution in [2.45, 2.75) is 25.8 Å². The van der Waals surface area contributed by atoms with E-state index in [9.17, 15) is 4.79 Å². The summed E-state index contributed by atoms with van der Waals surface area (Å²) in [5.74, 6) is 0.719. The van der Waals surface area contributed by atoms with Crippen LogP contribution in [0.4, 0.5) is 5.82 Å². The number of benzene rings is 1. The molecule has 3 heterocycles. The maximum Gasteiger partial charge on any atom is 0.256 e. The van der Waals surface area contributed by atoms with Gasteiger partial charge in [0.25, 0.3) is 5.91 Å². The summed E-state index contributed by atoms with van der Waals surface area (Å²) in [4.78, 5) is 22.6. The lowest BCUT2D eigenvalue weighted by Crippen LogP contribution is -2.43. The summed E-state index contributed by atoms with van der Waals surface area (Å²) in [5.41, 5.74) is 11.4. The topological polar surface area (TPSA) is 75.0 Å².